The van der Waals surface area contributed by atoms with Gasteiger partial charge in [0.25, 0.3) is 0 Å². The van der Waals surface area contributed by atoms with E-state index in [1.807, 2.05) is 0 Å². The highest BCUT2D eigenvalue weighted by molar-refractivity contribution is 5.84. The number of rotatable bonds is 4. The number of aldehydes is 1. The van der Waals surface area contributed by atoms with Crippen LogP contribution in [0.5, 0.6) is 0 Å². The first-order chi connectivity index (χ1) is 21.0. The molecule has 3 N–H and O–H groups in total. The molecular formula is C36H68N2O5. The average molecular weight is 609 g/mol. The van der Waals surface area contributed by atoms with E-state index in [4.69, 9.17) is 10.3 Å². The molecule has 7 nitrogen and oxygen atoms in total. The zero-order chi connectivity index (χ0) is 31.6. The largest absolute Gasteiger partial charge is 0.411 e. The molecule has 0 unspecified atom stereocenters. The number of amides is 1. The number of aliphatic hydroxyl groups excluding tert-OH is 1. The Morgan fingerprint density at radius 1 is 0.674 bits per heavy atom. The minimum absolute atomic E-state index is 0.0359. The van der Waals surface area contributed by atoms with Gasteiger partial charge in [0.2, 0.25) is 5.91 Å². The van der Waals surface area contributed by atoms with Crippen molar-refractivity contribution in [3.05, 3.63) is 0 Å². The van der Waals surface area contributed by atoms with Crippen LogP contribution in [0.2, 0.25) is 0 Å². The SMILES string of the molecule is C1CCCCC1.CCCCCC=O.O=C1CCCCC1.O=C1CCCCCN1.OC1CCCCC1.ON=C1CCCCC1. The summed E-state index contributed by atoms with van der Waals surface area (Å²) in [6, 6.07) is 0. The number of carbonyl (C=O) groups excluding carboxylic acids is 3. The van der Waals surface area contributed by atoms with E-state index in [2.05, 4.69) is 17.4 Å². The van der Waals surface area contributed by atoms with Crippen LogP contribution in [0.15, 0.2) is 5.16 Å². The van der Waals surface area contributed by atoms with Crippen LogP contribution < -0.4 is 5.32 Å². The van der Waals surface area contributed by atoms with Gasteiger partial charge < -0.3 is 20.4 Å². The van der Waals surface area contributed by atoms with Gasteiger partial charge in [0.05, 0.1) is 11.8 Å². The second-order valence-corrected chi connectivity index (χ2v) is 12.6. The molecule has 43 heavy (non-hydrogen) atoms. The maximum atomic E-state index is 10.6. The highest BCUT2D eigenvalue weighted by Crippen LogP contribution is 2.17. The number of hydrogen-bond acceptors (Lipinski definition) is 6. The number of Topliss-reactive ketones (excluding diaryl/α,β-unsaturated/α-hetero) is 1. The van der Waals surface area contributed by atoms with Crippen molar-refractivity contribution >= 4 is 23.7 Å². The Kier molecular flexibility index (Phi) is 31.8. The molecule has 0 radical (unpaired) electrons. The lowest BCUT2D eigenvalue weighted by atomic mass is 9.98. The maximum Gasteiger partial charge on any atom is 0.219 e. The molecule has 1 saturated heterocycles. The van der Waals surface area contributed by atoms with E-state index in [0.717, 1.165) is 102 Å². The van der Waals surface area contributed by atoms with E-state index in [0.29, 0.717) is 5.78 Å². The Bertz CT molecular complexity index is 635. The van der Waals surface area contributed by atoms with Crippen molar-refractivity contribution in [2.45, 2.75) is 199 Å². The first-order valence-corrected chi connectivity index (χ1v) is 18.1. The molecule has 5 fully saturated rings. The van der Waals surface area contributed by atoms with Gasteiger partial charge in [-0.15, -0.1) is 0 Å². The normalized spacial score (nSPS) is 20.5. The summed E-state index contributed by atoms with van der Waals surface area (Å²) in [6.07, 6.45) is 35.3. The summed E-state index contributed by atoms with van der Waals surface area (Å²) in [5, 5.41) is 23.2. The number of oxime groups is 1. The standard InChI is InChI=1S/2C6H11NO.C6H12O.C6H10O.C6H12O.C6H12/c8-6-4-2-1-3-5-7-6;8-7-6-4-2-1-3-5-6;2*7-6-4-2-1-3-5-6;1-2-3-4-5-6-7;1-2-4-6-5-3-1/h1-5H2,(H,7,8);8H,1-5H2;6-7H,1-5H2;1-5H2;6H,2-5H2,1H3;1-6H2. The first-order valence-electron chi connectivity index (χ1n) is 18.1. The fourth-order valence-corrected chi connectivity index (χ4v) is 5.53. The van der Waals surface area contributed by atoms with E-state index < -0.39 is 0 Å². The summed E-state index contributed by atoms with van der Waals surface area (Å²) in [5.74, 6) is 0.689. The molecule has 4 aliphatic carbocycles. The van der Waals surface area contributed by atoms with Crippen molar-refractivity contribution in [3.63, 3.8) is 0 Å². The molecule has 4 saturated carbocycles. The Hall–Kier alpha value is -1.76. The van der Waals surface area contributed by atoms with Crippen LogP contribution in [0.3, 0.4) is 0 Å². The van der Waals surface area contributed by atoms with E-state index in [1.165, 1.54) is 103 Å². The summed E-state index contributed by atoms with van der Waals surface area (Å²) in [5.41, 5.74) is 0.983. The summed E-state index contributed by atoms with van der Waals surface area (Å²) in [7, 11) is 0. The zero-order valence-corrected chi connectivity index (χ0v) is 27.9. The molecule has 5 aliphatic rings. The molecule has 0 spiro atoms. The van der Waals surface area contributed by atoms with Gasteiger partial charge in [-0.05, 0) is 70.6 Å². The third kappa shape index (κ3) is 31.5. The van der Waals surface area contributed by atoms with Crippen LogP contribution in [0.25, 0.3) is 0 Å². The molecule has 0 aromatic heterocycles. The van der Waals surface area contributed by atoms with Gasteiger partial charge >= 0.3 is 0 Å². The fraction of sp³-hybridized carbons (Fsp3) is 0.889. The molecule has 0 atom stereocenters. The molecule has 5 rings (SSSR count). The lowest BCUT2D eigenvalue weighted by Gasteiger charge is -2.14. The van der Waals surface area contributed by atoms with Crippen molar-refractivity contribution in [2.24, 2.45) is 5.16 Å². The smallest absolute Gasteiger partial charge is 0.219 e. The first kappa shape index (κ1) is 41.2. The van der Waals surface area contributed by atoms with Crippen LogP contribution in [-0.4, -0.2) is 46.7 Å². The predicted octanol–water partition coefficient (Wildman–Crippen LogP) is 9.39. The Morgan fingerprint density at radius 3 is 1.53 bits per heavy atom. The van der Waals surface area contributed by atoms with Crippen LogP contribution in [0.4, 0.5) is 0 Å². The van der Waals surface area contributed by atoms with E-state index in [-0.39, 0.29) is 12.0 Å². The van der Waals surface area contributed by atoms with Gasteiger partial charge in [-0.25, -0.2) is 0 Å². The van der Waals surface area contributed by atoms with Crippen LogP contribution in [-0.2, 0) is 14.4 Å². The Morgan fingerprint density at radius 2 is 1.14 bits per heavy atom. The van der Waals surface area contributed by atoms with Crippen LogP contribution >= 0.6 is 0 Å². The summed E-state index contributed by atoms with van der Waals surface area (Å²) >= 11 is 0. The second kappa shape index (κ2) is 33.1. The second-order valence-electron chi connectivity index (χ2n) is 12.6. The molecule has 0 aromatic carbocycles. The molecule has 252 valence electrons. The molecule has 0 aromatic rings. The molecule has 0 bridgehead atoms. The van der Waals surface area contributed by atoms with Gasteiger partial charge in [-0.3, -0.25) is 9.59 Å². The van der Waals surface area contributed by atoms with Crippen molar-refractivity contribution in [2.75, 3.05) is 6.54 Å². The molecular weight excluding hydrogens is 540 g/mol. The average Bonchev–Trinajstić information content (AvgIpc) is 3.32. The summed E-state index contributed by atoms with van der Waals surface area (Å²) in [6.45, 7) is 3.02. The molecule has 1 aliphatic heterocycles. The van der Waals surface area contributed by atoms with Crippen LogP contribution in [0, 0.1) is 0 Å². The van der Waals surface area contributed by atoms with E-state index >= 15 is 0 Å². The monoisotopic (exact) mass is 609 g/mol. The molecule has 7 heteroatoms. The van der Waals surface area contributed by atoms with Gasteiger partial charge in [-0.1, -0.05) is 102 Å². The van der Waals surface area contributed by atoms with Crippen molar-refractivity contribution in [3.8, 4) is 0 Å². The predicted molar refractivity (Wildman–Crippen MR) is 179 cm³/mol. The quantitative estimate of drug-likeness (QED) is 0.127. The maximum absolute atomic E-state index is 10.6. The number of carbonyl (C=O) groups is 3. The van der Waals surface area contributed by atoms with Gasteiger partial charge in [0.1, 0.15) is 12.1 Å². The van der Waals surface area contributed by atoms with Crippen molar-refractivity contribution in [1.29, 1.82) is 0 Å². The number of nitrogens with zero attached hydrogens (tertiary/aromatic N) is 1. The number of nitrogens with one attached hydrogen (secondary N) is 1. The van der Waals surface area contributed by atoms with Crippen molar-refractivity contribution < 1.29 is 24.7 Å². The Balaban J connectivity index is 0.000000493. The molecule has 1 heterocycles. The minimum Gasteiger partial charge on any atom is -0.411 e. The number of aliphatic hydroxyl groups is 1. The third-order valence-corrected chi connectivity index (χ3v) is 8.39. The van der Waals surface area contributed by atoms with Gasteiger partial charge in [-0.2, -0.15) is 0 Å². The number of hydrogen-bond donors (Lipinski definition) is 3. The number of ketones is 1. The third-order valence-electron chi connectivity index (χ3n) is 8.39. The Labute approximate surface area is 264 Å². The lowest BCUT2D eigenvalue weighted by Crippen LogP contribution is -2.21. The minimum atomic E-state index is 0.0359. The van der Waals surface area contributed by atoms with Crippen LogP contribution in [0.1, 0.15) is 193 Å². The van der Waals surface area contributed by atoms with E-state index in [1.54, 1.807) is 0 Å². The van der Waals surface area contributed by atoms with E-state index in [9.17, 15) is 14.4 Å². The highest BCUT2D eigenvalue weighted by Gasteiger charge is 2.08. The molecule has 1 amide bonds. The zero-order valence-electron chi connectivity index (χ0n) is 27.9. The summed E-state index contributed by atoms with van der Waals surface area (Å²) in [4.78, 5) is 30.7. The fourth-order valence-electron chi connectivity index (χ4n) is 5.53. The summed E-state index contributed by atoms with van der Waals surface area (Å²) < 4.78 is 0. The topological polar surface area (TPSA) is 116 Å². The van der Waals surface area contributed by atoms with Gasteiger partial charge in [0, 0.05) is 32.2 Å². The number of unbranched alkanes of at least 4 members (excludes halogenated alkanes) is 3. The highest BCUT2D eigenvalue weighted by atomic mass is 16.4. The lowest BCUT2D eigenvalue weighted by molar-refractivity contribution is -0.121. The van der Waals surface area contributed by atoms with Gasteiger partial charge in [0.15, 0.2) is 0 Å². The van der Waals surface area contributed by atoms with Crippen molar-refractivity contribution in [1.82, 2.24) is 5.32 Å².